The molecule has 0 aromatic heterocycles. The van der Waals surface area contributed by atoms with E-state index in [9.17, 15) is 45.6 Å². The van der Waals surface area contributed by atoms with Gasteiger partial charge in [0, 0.05) is 6.42 Å². The highest BCUT2D eigenvalue weighted by atomic mass is 16.7. The molecule has 9 N–H and O–H groups in total. The summed E-state index contributed by atoms with van der Waals surface area (Å²) < 4.78 is 22.6. The molecule has 12 atom stereocenters. The quantitative estimate of drug-likeness (QED) is 0.0270. The lowest BCUT2D eigenvalue weighted by Crippen LogP contribution is -2.65. The summed E-state index contributed by atoms with van der Waals surface area (Å²) in [5.74, 6) is -0.381. The van der Waals surface area contributed by atoms with Gasteiger partial charge in [0.1, 0.15) is 48.8 Å². The fourth-order valence-corrected chi connectivity index (χ4v) is 7.37. The van der Waals surface area contributed by atoms with Crippen LogP contribution in [0.5, 0.6) is 0 Å². The molecular weight excluding hydrogens is 835 g/mol. The van der Waals surface area contributed by atoms with Gasteiger partial charge in [-0.25, -0.2) is 0 Å². The number of carbonyl (C=O) groups is 1. The Morgan fingerprint density at radius 1 is 0.569 bits per heavy atom. The predicted molar refractivity (Wildman–Crippen MR) is 253 cm³/mol. The van der Waals surface area contributed by atoms with Crippen LogP contribution in [-0.4, -0.2) is 140 Å². The Balaban J connectivity index is 1.94. The van der Waals surface area contributed by atoms with E-state index in [-0.39, 0.29) is 18.9 Å². The number of hydrogen-bond acceptors (Lipinski definition) is 13. The van der Waals surface area contributed by atoms with Crippen LogP contribution in [0.25, 0.3) is 0 Å². The van der Waals surface area contributed by atoms with Gasteiger partial charge in [0.2, 0.25) is 5.91 Å². The Morgan fingerprint density at radius 3 is 1.66 bits per heavy atom. The molecule has 0 saturated carbocycles. The van der Waals surface area contributed by atoms with Gasteiger partial charge in [-0.3, -0.25) is 4.79 Å². The third-order valence-electron chi connectivity index (χ3n) is 11.3. The number of aliphatic hydroxyl groups is 8. The first-order valence-corrected chi connectivity index (χ1v) is 24.3. The zero-order valence-electron chi connectivity index (χ0n) is 39.2. The van der Waals surface area contributed by atoms with Crippen molar-refractivity contribution in [1.29, 1.82) is 0 Å². The summed E-state index contributed by atoms with van der Waals surface area (Å²) in [4.78, 5) is 13.1. The van der Waals surface area contributed by atoms with E-state index < -0.39 is 86.8 Å². The van der Waals surface area contributed by atoms with Crippen molar-refractivity contribution in [1.82, 2.24) is 5.32 Å². The SMILES string of the molecule is CC/C=C\C/C=C\C/C=C\C/C=C\C/C=C\CC(=O)NC(COC1OC(CO)C(OC2OC(CO)C(O)C(O)C2O)C(O)C1O)C(O)/C=C/CC/C=C/CCCCCCCCCCCC. The molecule has 2 rings (SSSR count). The van der Waals surface area contributed by atoms with Crippen molar-refractivity contribution < 1.29 is 64.6 Å². The minimum absolute atomic E-state index is 0.0368. The van der Waals surface area contributed by atoms with E-state index in [1.165, 1.54) is 64.2 Å². The normalized spacial score (nSPS) is 27.8. The molecular formula is C51H85NO13. The van der Waals surface area contributed by atoms with Crippen LogP contribution in [0, 0.1) is 0 Å². The van der Waals surface area contributed by atoms with Crippen molar-refractivity contribution in [2.45, 2.75) is 209 Å². The second-order valence-electron chi connectivity index (χ2n) is 16.9. The van der Waals surface area contributed by atoms with Gasteiger partial charge < -0.3 is 65.1 Å². The van der Waals surface area contributed by atoms with E-state index in [2.05, 4.69) is 73.8 Å². The van der Waals surface area contributed by atoms with E-state index in [0.29, 0.717) is 12.8 Å². The Labute approximate surface area is 389 Å². The number of amides is 1. The lowest BCUT2D eigenvalue weighted by molar-refractivity contribution is -0.359. The molecule has 2 aliphatic rings. The van der Waals surface area contributed by atoms with Crippen molar-refractivity contribution in [3.63, 3.8) is 0 Å². The summed E-state index contributed by atoms with van der Waals surface area (Å²) in [5, 5.41) is 86.5. The van der Waals surface area contributed by atoms with Crippen molar-refractivity contribution >= 4 is 5.91 Å². The third kappa shape index (κ3) is 24.7. The average molecular weight is 920 g/mol. The van der Waals surface area contributed by atoms with Gasteiger partial charge >= 0.3 is 0 Å². The maximum atomic E-state index is 13.1. The van der Waals surface area contributed by atoms with E-state index >= 15 is 0 Å². The molecule has 65 heavy (non-hydrogen) atoms. The Hall–Kier alpha value is -2.83. The zero-order chi connectivity index (χ0) is 47.5. The van der Waals surface area contributed by atoms with E-state index in [1.54, 1.807) is 12.2 Å². The van der Waals surface area contributed by atoms with Crippen LogP contribution < -0.4 is 5.32 Å². The number of carbonyl (C=O) groups excluding carboxylic acids is 1. The maximum absolute atomic E-state index is 13.1. The second kappa shape index (κ2) is 37.2. The summed E-state index contributed by atoms with van der Waals surface area (Å²) in [6.07, 6.45) is 30.8. The fraction of sp³-hybridized carbons (Fsp3) is 0.706. The molecule has 2 saturated heterocycles. The van der Waals surface area contributed by atoms with Gasteiger partial charge in [0.25, 0.3) is 0 Å². The minimum atomic E-state index is -1.80. The number of allylic oxidation sites excluding steroid dienone is 12. The molecule has 0 aromatic carbocycles. The molecule has 2 aliphatic heterocycles. The van der Waals surface area contributed by atoms with Crippen LogP contribution in [0.4, 0.5) is 0 Å². The van der Waals surface area contributed by atoms with Gasteiger partial charge in [0.05, 0.1) is 32.0 Å². The molecule has 372 valence electrons. The predicted octanol–water partition coefficient (Wildman–Crippen LogP) is 5.82. The van der Waals surface area contributed by atoms with Gasteiger partial charge in [-0.05, 0) is 57.8 Å². The molecule has 12 unspecified atom stereocenters. The van der Waals surface area contributed by atoms with Crippen LogP contribution in [0.2, 0.25) is 0 Å². The van der Waals surface area contributed by atoms with Crippen LogP contribution >= 0.6 is 0 Å². The lowest BCUT2D eigenvalue weighted by atomic mass is 9.97. The highest BCUT2D eigenvalue weighted by Gasteiger charge is 2.50. The summed E-state index contributed by atoms with van der Waals surface area (Å²) in [6, 6.07) is -0.989. The highest BCUT2D eigenvalue weighted by molar-refractivity contribution is 5.77. The number of aliphatic hydroxyl groups excluding tert-OH is 8. The van der Waals surface area contributed by atoms with Gasteiger partial charge in [0.15, 0.2) is 12.6 Å². The Kier molecular flexibility index (Phi) is 33.4. The van der Waals surface area contributed by atoms with Crippen LogP contribution in [-0.2, 0) is 23.7 Å². The van der Waals surface area contributed by atoms with E-state index in [4.69, 9.17) is 18.9 Å². The minimum Gasteiger partial charge on any atom is -0.394 e. The van der Waals surface area contributed by atoms with Crippen molar-refractivity contribution in [3.05, 3.63) is 85.1 Å². The molecule has 2 heterocycles. The number of nitrogens with one attached hydrogen (secondary N) is 1. The number of hydrogen-bond donors (Lipinski definition) is 9. The lowest BCUT2D eigenvalue weighted by Gasteiger charge is -2.46. The average Bonchev–Trinajstić information content (AvgIpc) is 3.30. The second-order valence-corrected chi connectivity index (χ2v) is 16.9. The fourth-order valence-electron chi connectivity index (χ4n) is 7.37. The van der Waals surface area contributed by atoms with Crippen molar-refractivity contribution in [2.24, 2.45) is 0 Å². The first kappa shape index (κ1) is 58.3. The summed E-state index contributed by atoms with van der Waals surface area (Å²) in [7, 11) is 0. The van der Waals surface area contributed by atoms with Gasteiger partial charge in [-0.2, -0.15) is 0 Å². The first-order chi connectivity index (χ1) is 31.6. The highest BCUT2D eigenvalue weighted by Crippen LogP contribution is 2.30. The topological polar surface area (TPSA) is 228 Å². The molecule has 14 heteroatoms. The summed E-state index contributed by atoms with van der Waals surface area (Å²) in [6.45, 7) is 2.55. The van der Waals surface area contributed by atoms with Crippen LogP contribution in [0.1, 0.15) is 136 Å². The van der Waals surface area contributed by atoms with Gasteiger partial charge in [-0.15, -0.1) is 0 Å². The van der Waals surface area contributed by atoms with Gasteiger partial charge in [-0.1, -0.05) is 157 Å². The standard InChI is InChI=1S/C51H85NO13/c1-3-5-7-9-11-13-15-17-19-21-22-24-26-28-30-32-34-40(55)39(52-43(56)35-33-31-29-27-25-23-20-18-16-14-12-10-8-6-4-2)38-62-50-48(61)46(59)49(42(37-54)64-50)65-51-47(60)45(58)44(57)41(36-53)63-51/h6,8,12,14,18,20,24-27,31-34,39-42,44-51,53-55,57-61H,3-5,7,9-11,13,15-17,19,21-23,28-30,35-38H2,1-2H3,(H,52,56)/b8-6-,14-12-,20-18-,26-24+,27-25-,33-31-,34-32+. The molecule has 0 radical (unpaired) electrons. The zero-order valence-corrected chi connectivity index (χ0v) is 39.2. The Bertz CT molecular complexity index is 1410. The van der Waals surface area contributed by atoms with Crippen LogP contribution in [0.15, 0.2) is 85.1 Å². The maximum Gasteiger partial charge on any atom is 0.224 e. The first-order valence-electron chi connectivity index (χ1n) is 24.3. The van der Waals surface area contributed by atoms with Crippen molar-refractivity contribution in [3.8, 4) is 0 Å². The number of rotatable bonds is 35. The smallest absolute Gasteiger partial charge is 0.224 e. The molecule has 0 spiro atoms. The number of ether oxygens (including phenoxy) is 4. The van der Waals surface area contributed by atoms with Crippen LogP contribution in [0.3, 0.4) is 0 Å². The summed E-state index contributed by atoms with van der Waals surface area (Å²) in [5.41, 5.74) is 0. The summed E-state index contributed by atoms with van der Waals surface area (Å²) >= 11 is 0. The molecule has 0 aliphatic carbocycles. The van der Waals surface area contributed by atoms with E-state index in [1.807, 2.05) is 18.2 Å². The largest absolute Gasteiger partial charge is 0.394 e. The monoisotopic (exact) mass is 920 g/mol. The van der Waals surface area contributed by atoms with E-state index in [0.717, 1.165) is 38.5 Å². The molecule has 2 fully saturated rings. The molecule has 0 bridgehead atoms. The third-order valence-corrected chi connectivity index (χ3v) is 11.3. The Morgan fingerprint density at radius 2 is 1.08 bits per heavy atom. The molecule has 14 nitrogen and oxygen atoms in total. The molecule has 0 aromatic rings. The molecule has 1 amide bonds. The number of unbranched alkanes of at least 4 members (excludes halogenated alkanes) is 11. The van der Waals surface area contributed by atoms with Crippen molar-refractivity contribution in [2.75, 3.05) is 19.8 Å².